The van der Waals surface area contributed by atoms with Gasteiger partial charge in [0.25, 0.3) is 0 Å². The van der Waals surface area contributed by atoms with Crippen LogP contribution in [0, 0.1) is 0 Å². The lowest BCUT2D eigenvalue weighted by molar-refractivity contribution is 0.0599. The van der Waals surface area contributed by atoms with Crippen LogP contribution in [0.5, 0.6) is 0 Å². The van der Waals surface area contributed by atoms with E-state index in [4.69, 9.17) is 11.6 Å². The molecule has 0 unspecified atom stereocenters. The van der Waals surface area contributed by atoms with Crippen molar-refractivity contribution in [3.8, 4) is 0 Å². The third-order valence-corrected chi connectivity index (χ3v) is 3.77. The molecule has 5 nitrogen and oxygen atoms in total. The number of urea groups is 1. The highest BCUT2D eigenvalue weighted by atomic mass is 79.9. The molecule has 2 aromatic rings. The topological polar surface area (TPSA) is 67.4 Å². The number of carbonyl (C=O) groups excluding carboxylic acids is 2. The number of carbonyl (C=O) groups is 2. The summed E-state index contributed by atoms with van der Waals surface area (Å²) in [5.74, 6) is -0.498. The Morgan fingerprint density at radius 2 is 1.86 bits per heavy atom. The maximum absolute atomic E-state index is 12.0. The molecule has 0 atom stereocenters. The number of nitrogens with one attached hydrogen (secondary N) is 2. The van der Waals surface area contributed by atoms with Gasteiger partial charge in [-0.1, -0.05) is 23.7 Å². The molecule has 2 aromatic carbocycles. The molecule has 0 radical (unpaired) electrons. The van der Waals surface area contributed by atoms with Gasteiger partial charge < -0.3 is 15.4 Å². The summed E-state index contributed by atoms with van der Waals surface area (Å²) in [6.45, 7) is 0. The van der Waals surface area contributed by atoms with Crippen LogP contribution in [0.4, 0.5) is 16.2 Å². The van der Waals surface area contributed by atoms with Crippen molar-refractivity contribution in [2.24, 2.45) is 0 Å². The summed E-state index contributed by atoms with van der Waals surface area (Å²) in [6, 6.07) is 11.2. The smallest absolute Gasteiger partial charge is 0.339 e. The predicted molar refractivity (Wildman–Crippen MR) is 89.6 cm³/mol. The molecule has 22 heavy (non-hydrogen) atoms. The minimum Gasteiger partial charge on any atom is -0.465 e. The molecule has 114 valence electrons. The minimum absolute atomic E-state index is 0.318. The van der Waals surface area contributed by atoms with Gasteiger partial charge in [-0.15, -0.1) is 0 Å². The molecule has 0 aliphatic heterocycles. The van der Waals surface area contributed by atoms with Gasteiger partial charge in [-0.2, -0.15) is 0 Å². The summed E-state index contributed by atoms with van der Waals surface area (Å²) < 4.78 is 5.25. The Morgan fingerprint density at radius 3 is 2.55 bits per heavy atom. The van der Waals surface area contributed by atoms with Crippen molar-refractivity contribution in [1.82, 2.24) is 0 Å². The lowest BCUT2D eigenvalue weighted by Crippen LogP contribution is -2.20. The van der Waals surface area contributed by atoms with Crippen molar-refractivity contribution >= 4 is 50.9 Å². The number of anilines is 2. The first-order valence-electron chi connectivity index (χ1n) is 6.21. The van der Waals surface area contributed by atoms with Crippen molar-refractivity contribution in [3.63, 3.8) is 0 Å². The van der Waals surface area contributed by atoms with Crippen LogP contribution in [0.15, 0.2) is 46.9 Å². The van der Waals surface area contributed by atoms with Crippen LogP contribution in [-0.4, -0.2) is 19.1 Å². The molecule has 7 heteroatoms. The van der Waals surface area contributed by atoms with Gasteiger partial charge in [0.2, 0.25) is 0 Å². The van der Waals surface area contributed by atoms with E-state index in [9.17, 15) is 9.59 Å². The molecular weight excluding hydrogens is 372 g/mol. The van der Waals surface area contributed by atoms with Crippen molar-refractivity contribution in [2.45, 2.75) is 0 Å². The summed E-state index contributed by atoms with van der Waals surface area (Å²) in [5, 5.41) is 5.69. The Labute approximate surface area is 140 Å². The van der Waals surface area contributed by atoms with Gasteiger partial charge >= 0.3 is 12.0 Å². The molecule has 0 saturated heterocycles. The summed E-state index contributed by atoms with van der Waals surface area (Å²) in [6.07, 6.45) is 0. The number of benzene rings is 2. The first-order valence-corrected chi connectivity index (χ1v) is 7.38. The number of hydrogen-bond acceptors (Lipinski definition) is 3. The first-order chi connectivity index (χ1) is 10.5. The standard InChI is InChI=1S/C15H12BrClN2O3/c1-22-14(20)10-8-9(6-7-11(10)16)18-15(21)19-13-5-3-2-4-12(13)17/h2-8H,1H3,(H2,18,19,21). The Bertz CT molecular complexity index is 722. The fraction of sp³-hybridized carbons (Fsp3) is 0.0667. The summed E-state index contributed by atoms with van der Waals surface area (Å²) in [5.41, 5.74) is 1.26. The van der Waals surface area contributed by atoms with E-state index >= 15 is 0 Å². The van der Waals surface area contributed by atoms with E-state index in [1.54, 1.807) is 36.4 Å². The van der Waals surface area contributed by atoms with E-state index in [1.807, 2.05) is 0 Å². The fourth-order valence-electron chi connectivity index (χ4n) is 1.72. The third kappa shape index (κ3) is 3.99. The van der Waals surface area contributed by atoms with Gasteiger partial charge in [0, 0.05) is 10.2 Å². The molecule has 0 heterocycles. The SMILES string of the molecule is COC(=O)c1cc(NC(=O)Nc2ccccc2Cl)ccc1Br. The molecule has 0 aromatic heterocycles. The lowest BCUT2D eigenvalue weighted by Gasteiger charge is -2.10. The second-order valence-electron chi connectivity index (χ2n) is 4.25. The molecule has 2 N–H and O–H groups in total. The van der Waals surface area contributed by atoms with Crippen molar-refractivity contribution in [2.75, 3.05) is 17.7 Å². The van der Waals surface area contributed by atoms with Crippen LogP contribution in [-0.2, 0) is 4.74 Å². The van der Waals surface area contributed by atoms with Crippen LogP contribution in [0.3, 0.4) is 0 Å². The van der Waals surface area contributed by atoms with Crippen LogP contribution < -0.4 is 10.6 Å². The van der Waals surface area contributed by atoms with E-state index in [0.29, 0.717) is 26.4 Å². The Morgan fingerprint density at radius 1 is 1.14 bits per heavy atom. The normalized spacial score (nSPS) is 9.95. The quantitative estimate of drug-likeness (QED) is 0.765. The predicted octanol–water partition coefficient (Wildman–Crippen LogP) is 4.53. The van der Waals surface area contributed by atoms with Crippen molar-refractivity contribution < 1.29 is 14.3 Å². The highest BCUT2D eigenvalue weighted by molar-refractivity contribution is 9.10. The van der Waals surface area contributed by atoms with Crippen LogP contribution in [0.1, 0.15) is 10.4 Å². The largest absolute Gasteiger partial charge is 0.465 e. The molecule has 0 aliphatic carbocycles. The van der Waals surface area contributed by atoms with E-state index in [2.05, 4.69) is 31.3 Å². The average molecular weight is 384 g/mol. The molecule has 0 aliphatic rings. The van der Waals surface area contributed by atoms with Crippen molar-refractivity contribution in [1.29, 1.82) is 0 Å². The number of esters is 1. The van der Waals surface area contributed by atoms with E-state index in [0.717, 1.165) is 0 Å². The summed E-state index contributed by atoms with van der Waals surface area (Å²) >= 11 is 9.22. The second kappa shape index (κ2) is 7.29. The number of halogens is 2. The molecule has 0 spiro atoms. The maximum Gasteiger partial charge on any atom is 0.339 e. The Hall–Kier alpha value is -2.05. The number of para-hydroxylation sites is 1. The molecular formula is C15H12BrClN2O3. The number of hydrogen-bond donors (Lipinski definition) is 2. The molecule has 0 bridgehead atoms. The van der Waals surface area contributed by atoms with E-state index in [1.165, 1.54) is 13.2 Å². The highest BCUT2D eigenvalue weighted by Crippen LogP contribution is 2.23. The van der Waals surface area contributed by atoms with Crippen LogP contribution in [0.25, 0.3) is 0 Å². The van der Waals surface area contributed by atoms with Crippen LogP contribution >= 0.6 is 27.5 Å². The second-order valence-corrected chi connectivity index (χ2v) is 5.51. The van der Waals surface area contributed by atoms with Gasteiger partial charge in [0.1, 0.15) is 0 Å². The molecule has 2 amide bonds. The highest BCUT2D eigenvalue weighted by Gasteiger charge is 2.12. The van der Waals surface area contributed by atoms with E-state index in [-0.39, 0.29) is 0 Å². The zero-order valence-corrected chi connectivity index (χ0v) is 13.9. The summed E-state index contributed by atoms with van der Waals surface area (Å²) in [4.78, 5) is 23.6. The van der Waals surface area contributed by atoms with Gasteiger partial charge in [0.15, 0.2) is 0 Å². The molecule has 0 saturated carbocycles. The van der Waals surface area contributed by atoms with Gasteiger partial charge in [-0.25, -0.2) is 9.59 Å². The maximum atomic E-state index is 12.0. The lowest BCUT2D eigenvalue weighted by atomic mass is 10.2. The molecule has 2 rings (SSSR count). The summed E-state index contributed by atoms with van der Waals surface area (Å²) in [7, 11) is 1.29. The Kier molecular flexibility index (Phi) is 5.41. The third-order valence-electron chi connectivity index (χ3n) is 2.75. The van der Waals surface area contributed by atoms with Gasteiger partial charge in [-0.3, -0.25) is 0 Å². The van der Waals surface area contributed by atoms with Gasteiger partial charge in [0.05, 0.1) is 23.4 Å². The number of rotatable bonds is 3. The monoisotopic (exact) mass is 382 g/mol. The number of ether oxygens (including phenoxy) is 1. The number of amides is 2. The average Bonchev–Trinajstić information content (AvgIpc) is 2.50. The van der Waals surface area contributed by atoms with E-state index < -0.39 is 12.0 Å². The fourth-order valence-corrected chi connectivity index (χ4v) is 2.31. The van der Waals surface area contributed by atoms with Gasteiger partial charge in [-0.05, 0) is 46.3 Å². The molecule has 0 fully saturated rings. The van der Waals surface area contributed by atoms with Crippen molar-refractivity contribution in [3.05, 3.63) is 57.5 Å². The van der Waals surface area contributed by atoms with Crippen LogP contribution in [0.2, 0.25) is 5.02 Å². The zero-order chi connectivity index (χ0) is 16.1. The zero-order valence-electron chi connectivity index (χ0n) is 11.5. The Balaban J connectivity index is 2.12. The number of methoxy groups -OCH3 is 1. The first kappa shape index (κ1) is 16.3. The minimum atomic E-state index is -0.498.